The van der Waals surface area contributed by atoms with Gasteiger partial charge in [0.15, 0.2) is 0 Å². The van der Waals surface area contributed by atoms with Crippen LogP contribution in [0.2, 0.25) is 0 Å². The predicted octanol–water partition coefficient (Wildman–Crippen LogP) is 0.181. The maximum Gasteiger partial charge on any atom is 0.341 e. The number of benzene rings is 1. The molecular formula is C17H20N2O6. The van der Waals surface area contributed by atoms with Crippen LogP contribution < -0.4 is 5.32 Å². The van der Waals surface area contributed by atoms with Gasteiger partial charge in [-0.2, -0.15) is 0 Å². The van der Waals surface area contributed by atoms with E-state index in [1.54, 1.807) is 24.3 Å². The predicted molar refractivity (Wildman–Crippen MR) is 86.1 cm³/mol. The van der Waals surface area contributed by atoms with E-state index in [4.69, 9.17) is 9.47 Å². The second-order valence-corrected chi connectivity index (χ2v) is 5.71. The Labute approximate surface area is 145 Å². The van der Waals surface area contributed by atoms with Gasteiger partial charge in [0.25, 0.3) is 5.91 Å². The molecule has 1 aliphatic heterocycles. The summed E-state index contributed by atoms with van der Waals surface area (Å²) in [4.78, 5) is 48.4. The number of carbonyl (C=O) groups excluding carboxylic acids is 4. The number of carbonyl (C=O) groups is 4. The molecule has 1 heterocycles. The van der Waals surface area contributed by atoms with Crippen LogP contribution in [0.4, 0.5) is 0 Å². The number of hydrogen-bond acceptors (Lipinski definition) is 6. The van der Waals surface area contributed by atoms with Crippen molar-refractivity contribution in [3.63, 3.8) is 0 Å². The maximum atomic E-state index is 12.6. The normalized spacial score (nSPS) is 22.7. The standard InChI is InChI=1S/C17H20N2O6/c1-12(21)24-9-8-18-15(22)17(2)16(23)25-10-14(19(17)11-20)13-6-4-3-5-7-13/h3-7,11,14H,8-10H2,1-2H3,(H,18,22)/t14-,17+/m1/s1. The Balaban J connectivity index is 2.19. The maximum absolute atomic E-state index is 12.6. The van der Waals surface area contributed by atoms with Crippen LogP contribution in [-0.4, -0.2) is 54.5 Å². The molecule has 1 aromatic rings. The highest BCUT2D eigenvalue weighted by Crippen LogP contribution is 2.33. The number of amides is 2. The fourth-order valence-electron chi connectivity index (χ4n) is 2.64. The van der Waals surface area contributed by atoms with Crippen molar-refractivity contribution in [2.75, 3.05) is 19.8 Å². The fourth-order valence-corrected chi connectivity index (χ4v) is 2.64. The van der Waals surface area contributed by atoms with Crippen LogP contribution in [0.5, 0.6) is 0 Å². The van der Waals surface area contributed by atoms with Crippen molar-refractivity contribution in [2.45, 2.75) is 25.4 Å². The number of morpholine rings is 1. The van der Waals surface area contributed by atoms with E-state index < -0.39 is 29.4 Å². The first-order chi connectivity index (χ1) is 11.9. The molecule has 1 N–H and O–H groups in total. The van der Waals surface area contributed by atoms with Gasteiger partial charge in [0, 0.05) is 6.92 Å². The molecular weight excluding hydrogens is 328 g/mol. The first-order valence-electron chi connectivity index (χ1n) is 7.78. The number of rotatable bonds is 6. The molecule has 2 atom stereocenters. The number of nitrogens with one attached hydrogen (secondary N) is 1. The first-order valence-corrected chi connectivity index (χ1v) is 7.78. The molecule has 1 aromatic carbocycles. The summed E-state index contributed by atoms with van der Waals surface area (Å²) in [5, 5.41) is 2.50. The largest absolute Gasteiger partial charge is 0.464 e. The number of hydrogen-bond donors (Lipinski definition) is 1. The Morgan fingerprint density at radius 1 is 1.40 bits per heavy atom. The van der Waals surface area contributed by atoms with Crippen LogP contribution in [0.1, 0.15) is 25.5 Å². The molecule has 2 rings (SSSR count). The zero-order valence-corrected chi connectivity index (χ0v) is 14.1. The molecule has 8 heteroatoms. The summed E-state index contributed by atoms with van der Waals surface area (Å²) >= 11 is 0. The minimum absolute atomic E-state index is 0.0178. The van der Waals surface area contributed by atoms with E-state index in [1.807, 2.05) is 6.07 Å². The lowest BCUT2D eigenvalue weighted by Crippen LogP contribution is -2.66. The zero-order chi connectivity index (χ0) is 18.4. The highest BCUT2D eigenvalue weighted by atomic mass is 16.5. The molecule has 8 nitrogen and oxygen atoms in total. The third-order valence-electron chi connectivity index (χ3n) is 4.05. The smallest absolute Gasteiger partial charge is 0.341 e. The number of cyclic esters (lactones) is 1. The topological polar surface area (TPSA) is 102 Å². The fraction of sp³-hybridized carbons (Fsp3) is 0.412. The molecule has 0 bridgehead atoms. The van der Waals surface area contributed by atoms with Crippen LogP contribution in [0, 0.1) is 0 Å². The third-order valence-corrected chi connectivity index (χ3v) is 4.05. The highest BCUT2D eigenvalue weighted by molar-refractivity contribution is 6.08. The summed E-state index contributed by atoms with van der Waals surface area (Å²) in [6.45, 7) is 2.54. The van der Waals surface area contributed by atoms with Gasteiger partial charge < -0.3 is 19.7 Å². The van der Waals surface area contributed by atoms with Gasteiger partial charge in [0.05, 0.1) is 12.6 Å². The molecule has 1 aliphatic rings. The van der Waals surface area contributed by atoms with Crippen molar-refractivity contribution in [3.8, 4) is 0 Å². The Morgan fingerprint density at radius 3 is 2.68 bits per heavy atom. The quantitative estimate of drug-likeness (QED) is 0.341. The van der Waals surface area contributed by atoms with Gasteiger partial charge in [-0.3, -0.25) is 14.4 Å². The minimum Gasteiger partial charge on any atom is -0.464 e. The average molecular weight is 348 g/mol. The highest BCUT2D eigenvalue weighted by Gasteiger charge is 2.53. The Kier molecular flexibility index (Phi) is 5.74. The number of ether oxygens (including phenoxy) is 2. The lowest BCUT2D eigenvalue weighted by atomic mass is 9.92. The van der Waals surface area contributed by atoms with Gasteiger partial charge in [-0.25, -0.2) is 4.79 Å². The van der Waals surface area contributed by atoms with Gasteiger partial charge in [0.1, 0.15) is 13.2 Å². The summed E-state index contributed by atoms with van der Waals surface area (Å²) in [6, 6.07) is 8.43. The summed E-state index contributed by atoms with van der Waals surface area (Å²) in [5.41, 5.74) is -1.06. The SMILES string of the molecule is CC(=O)OCCNC(=O)[C@@]1(C)C(=O)OC[C@H](c2ccccc2)N1C=O. The third kappa shape index (κ3) is 3.78. The summed E-state index contributed by atoms with van der Waals surface area (Å²) in [5.74, 6) is -1.98. The second kappa shape index (κ2) is 7.78. The lowest BCUT2D eigenvalue weighted by molar-refractivity contribution is -0.180. The molecule has 0 aromatic heterocycles. The molecule has 1 fully saturated rings. The molecule has 134 valence electrons. The first kappa shape index (κ1) is 18.4. The summed E-state index contributed by atoms with van der Waals surface area (Å²) in [7, 11) is 0. The summed E-state index contributed by atoms with van der Waals surface area (Å²) < 4.78 is 9.90. The molecule has 0 aliphatic carbocycles. The van der Waals surface area contributed by atoms with E-state index in [1.165, 1.54) is 13.8 Å². The van der Waals surface area contributed by atoms with Crippen molar-refractivity contribution in [1.82, 2.24) is 10.2 Å². The van der Waals surface area contributed by atoms with Crippen molar-refractivity contribution in [2.24, 2.45) is 0 Å². The van der Waals surface area contributed by atoms with Crippen molar-refractivity contribution in [1.29, 1.82) is 0 Å². The van der Waals surface area contributed by atoms with Gasteiger partial charge in [0.2, 0.25) is 11.9 Å². The Bertz CT molecular complexity index is 662. The van der Waals surface area contributed by atoms with Gasteiger partial charge in [-0.05, 0) is 12.5 Å². The molecule has 2 amide bonds. The monoisotopic (exact) mass is 348 g/mol. The summed E-state index contributed by atoms with van der Waals surface area (Å²) in [6.07, 6.45) is 0.476. The van der Waals surface area contributed by atoms with E-state index in [-0.39, 0.29) is 19.8 Å². The van der Waals surface area contributed by atoms with Crippen molar-refractivity contribution < 1.29 is 28.7 Å². The molecule has 0 spiro atoms. The van der Waals surface area contributed by atoms with E-state index >= 15 is 0 Å². The van der Waals surface area contributed by atoms with Gasteiger partial charge in [-0.15, -0.1) is 0 Å². The molecule has 25 heavy (non-hydrogen) atoms. The molecule has 1 saturated heterocycles. The zero-order valence-electron chi connectivity index (χ0n) is 14.1. The van der Waals surface area contributed by atoms with E-state index in [0.29, 0.717) is 6.41 Å². The minimum atomic E-state index is -1.81. The Hall–Kier alpha value is -2.90. The lowest BCUT2D eigenvalue weighted by Gasteiger charge is -2.44. The molecule has 0 unspecified atom stereocenters. The van der Waals surface area contributed by atoms with E-state index in [0.717, 1.165) is 10.5 Å². The van der Waals surface area contributed by atoms with Crippen LogP contribution in [0.25, 0.3) is 0 Å². The van der Waals surface area contributed by atoms with Crippen LogP contribution in [0.15, 0.2) is 30.3 Å². The van der Waals surface area contributed by atoms with E-state index in [9.17, 15) is 19.2 Å². The second-order valence-electron chi connectivity index (χ2n) is 5.71. The van der Waals surface area contributed by atoms with E-state index in [2.05, 4.69) is 5.32 Å². The van der Waals surface area contributed by atoms with Gasteiger partial charge in [-0.1, -0.05) is 30.3 Å². The van der Waals surface area contributed by atoms with Crippen LogP contribution >= 0.6 is 0 Å². The average Bonchev–Trinajstić information content (AvgIpc) is 2.61. The van der Waals surface area contributed by atoms with Crippen molar-refractivity contribution >= 4 is 24.3 Å². The number of nitrogens with zero attached hydrogens (tertiary/aromatic N) is 1. The van der Waals surface area contributed by atoms with Crippen LogP contribution in [-0.2, 0) is 28.7 Å². The van der Waals surface area contributed by atoms with Crippen molar-refractivity contribution in [3.05, 3.63) is 35.9 Å². The number of esters is 2. The van der Waals surface area contributed by atoms with Crippen LogP contribution in [0.3, 0.4) is 0 Å². The van der Waals surface area contributed by atoms with Gasteiger partial charge >= 0.3 is 11.9 Å². The Morgan fingerprint density at radius 2 is 2.08 bits per heavy atom. The molecule has 0 radical (unpaired) electrons. The molecule has 0 saturated carbocycles.